The summed E-state index contributed by atoms with van der Waals surface area (Å²) in [6, 6.07) is 9.03. The van der Waals surface area contributed by atoms with Crippen molar-refractivity contribution < 1.29 is 14.3 Å². The lowest BCUT2D eigenvalue weighted by Crippen LogP contribution is -2.15. The van der Waals surface area contributed by atoms with E-state index in [4.69, 9.17) is 14.7 Å². The summed E-state index contributed by atoms with van der Waals surface area (Å²) in [6.07, 6.45) is 1.39. The highest BCUT2D eigenvalue weighted by molar-refractivity contribution is 6.03. The molecule has 0 fully saturated rings. The number of fused-ring (bicyclic) bond motifs is 1. The van der Waals surface area contributed by atoms with E-state index in [-0.39, 0.29) is 18.1 Å². The second kappa shape index (κ2) is 5.68. The van der Waals surface area contributed by atoms with Crippen molar-refractivity contribution in [1.82, 2.24) is 20.0 Å². The SMILES string of the molecule is Cn1ncc(C#N)c1NC(=O)c1cc(-c2ccc3c(c2)OCO3)n[nH]1. The van der Waals surface area contributed by atoms with Crippen LogP contribution in [0.15, 0.2) is 30.5 Å². The van der Waals surface area contributed by atoms with E-state index in [0.717, 1.165) is 5.56 Å². The fraction of sp³-hybridized carbons (Fsp3) is 0.125. The molecule has 1 aromatic carbocycles. The lowest BCUT2D eigenvalue weighted by molar-refractivity contribution is 0.102. The van der Waals surface area contributed by atoms with Crippen LogP contribution < -0.4 is 14.8 Å². The number of rotatable bonds is 3. The summed E-state index contributed by atoms with van der Waals surface area (Å²) in [6.45, 7) is 0.193. The molecule has 1 aliphatic rings. The molecule has 0 saturated heterocycles. The third-order valence-corrected chi connectivity index (χ3v) is 3.78. The van der Waals surface area contributed by atoms with Gasteiger partial charge in [-0.2, -0.15) is 15.5 Å². The van der Waals surface area contributed by atoms with Gasteiger partial charge in [-0.25, -0.2) is 0 Å². The molecule has 25 heavy (non-hydrogen) atoms. The minimum atomic E-state index is -0.417. The maximum absolute atomic E-state index is 12.4. The maximum atomic E-state index is 12.4. The van der Waals surface area contributed by atoms with E-state index in [1.807, 2.05) is 12.1 Å². The number of ether oxygens (including phenoxy) is 2. The average Bonchev–Trinajstić information content (AvgIpc) is 3.34. The summed E-state index contributed by atoms with van der Waals surface area (Å²) in [4.78, 5) is 12.4. The number of anilines is 1. The van der Waals surface area contributed by atoms with Gasteiger partial charge in [0.2, 0.25) is 6.79 Å². The highest BCUT2D eigenvalue weighted by atomic mass is 16.7. The molecule has 4 rings (SSSR count). The van der Waals surface area contributed by atoms with Gasteiger partial charge in [-0.15, -0.1) is 0 Å². The number of benzene rings is 1. The summed E-state index contributed by atoms with van der Waals surface area (Å²) >= 11 is 0. The fourth-order valence-corrected chi connectivity index (χ4v) is 2.48. The van der Waals surface area contributed by atoms with Crippen molar-refractivity contribution in [3.05, 3.63) is 41.7 Å². The van der Waals surface area contributed by atoms with E-state index in [1.54, 1.807) is 25.2 Å². The van der Waals surface area contributed by atoms with Crippen LogP contribution in [0.25, 0.3) is 11.3 Å². The van der Waals surface area contributed by atoms with Crippen molar-refractivity contribution in [3.63, 3.8) is 0 Å². The average molecular weight is 336 g/mol. The Morgan fingerprint density at radius 3 is 3.04 bits per heavy atom. The third kappa shape index (κ3) is 2.55. The minimum absolute atomic E-state index is 0.193. The quantitative estimate of drug-likeness (QED) is 0.751. The molecule has 2 aromatic heterocycles. The largest absolute Gasteiger partial charge is 0.454 e. The molecular formula is C16H12N6O3. The van der Waals surface area contributed by atoms with Gasteiger partial charge in [0.1, 0.15) is 23.1 Å². The van der Waals surface area contributed by atoms with Crippen molar-refractivity contribution in [1.29, 1.82) is 5.26 Å². The van der Waals surface area contributed by atoms with Gasteiger partial charge in [0, 0.05) is 12.6 Å². The Morgan fingerprint density at radius 2 is 2.20 bits per heavy atom. The Morgan fingerprint density at radius 1 is 1.36 bits per heavy atom. The first-order chi connectivity index (χ1) is 12.2. The van der Waals surface area contributed by atoms with Crippen molar-refractivity contribution in [2.75, 3.05) is 12.1 Å². The van der Waals surface area contributed by atoms with Crippen LogP contribution in [0.2, 0.25) is 0 Å². The maximum Gasteiger partial charge on any atom is 0.274 e. The minimum Gasteiger partial charge on any atom is -0.454 e. The van der Waals surface area contributed by atoms with Gasteiger partial charge in [-0.3, -0.25) is 14.6 Å². The molecule has 1 aliphatic heterocycles. The van der Waals surface area contributed by atoms with Crippen molar-refractivity contribution in [2.45, 2.75) is 0 Å². The molecule has 3 aromatic rings. The van der Waals surface area contributed by atoms with Crippen LogP contribution in [-0.4, -0.2) is 32.7 Å². The van der Waals surface area contributed by atoms with E-state index in [9.17, 15) is 4.79 Å². The molecule has 3 heterocycles. The monoisotopic (exact) mass is 336 g/mol. The lowest BCUT2D eigenvalue weighted by atomic mass is 10.1. The zero-order valence-corrected chi connectivity index (χ0v) is 13.1. The molecule has 0 spiro atoms. The lowest BCUT2D eigenvalue weighted by Gasteiger charge is -2.03. The second-order valence-electron chi connectivity index (χ2n) is 5.33. The van der Waals surface area contributed by atoms with Gasteiger partial charge in [0.25, 0.3) is 5.91 Å². The number of H-pyrrole nitrogens is 1. The van der Waals surface area contributed by atoms with E-state index in [1.165, 1.54) is 10.9 Å². The zero-order chi connectivity index (χ0) is 17.4. The molecule has 0 atom stereocenters. The number of nitrogens with one attached hydrogen (secondary N) is 2. The van der Waals surface area contributed by atoms with E-state index in [0.29, 0.717) is 23.0 Å². The number of carbonyl (C=O) groups excluding carboxylic acids is 1. The molecule has 0 unspecified atom stereocenters. The van der Waals surface area contributed by atoms with Gasteiger partial charge in [0.15, 0.2) is 11.5 Å². The smallest absolute Gasteiger partial charge is 0.274 e. The number of carbonyl (C=O) groups is 1. The van der Waals surface area contributed by atoms with Gasteiger partial charge in [-0.1, -0.05) is 0 Å². The van der Waals surface area contributed by atoms with Gasteiger partial charge in [-0.05, 0) is 24.3 Å². The molecule has 0 saturated carbocycles. The van der Waals surface area contributed by atoms with Crippen LogP contribution in [0.4, 0.5) is 5.82 Å². The molecule has 2 N–H and O–H groups in total. The molecule has 9 heteroatoms. The number of aryl methyl sites for hydroxylation is 1. The summed E-state index contributed by atoms with van der Waals surface area (Å²) < 4.78 is 12.0. The number of nitriles is 1. The number of amides is 1. The standard InChI is InChI=1S/C16H12N6O3/c1-22-15(10(6-17)7-18-22)19-16(23)12-5-11(20-21-12)9-2-3-13-14(4-9)25-8-24-13/h2-5,7H,8H2,1H3,(H,19,23)(H,20,21). The normalized spacial score (nSPS) is 12.0. The van der Waals surface area contributed by atoms with Crippen molar-refractivity contribution in [3.8, 4) is 28.8 Å². The summed E-state index contributed by atoms with van der Waals surface area (Å²) in [5.41, 5.74) is 1.93. The predicted molar refractivity (Wildman–Crippen MR) is 86.0 cm³/mol. The van der Waals surface area contributed by atoms with E-state index < -0.39 is 5.91 Å². The first-order valence-electron chi connectivity index (χ1n) is 7.34. The Labute approximate surface area is 141 Å². The molecule has 0 radical (unpaired) electrons. The van der Waals surface area contributed by atoms with Crippen LogP contribution >= 0.6 is 0 Å². The Bertz CT molecular complexity index is 1010. The highest BCUT2D eigenvalue weighted by Crippen LogP contribution is 2.35. The Hall–Kier alpha value is -3.80. The second-order valence-corrected chi connectivity index (χ2v) is 5.33. The number of nitrogens with zero attached hydrogens (tertiary/aromatic N) is 4. The number of aromatic amines is 1. The fourth-order valence-electron chi connectivity index (χ4n) is 2.48. The van der Waals surface area contributed by atoms with Crippen LogP contribution in [-0.2, 0) is 7.05 Å². The summed E-state index contributed by atoms with van der Waals surface area (Å²) in [7, 11) is 1.64. The van der Waals surface area contributed by atoms with Crippen LogP contribution in [0.1, 0.15) is 16.1 Å². The number of aromatic nitrogens is 4. The predicted octanol–water partition coefficient (Wildman–Crippen LogP) is 1.66. The van der Waals surface area contributed by atoms with Gasteiger partial charge in [0.05, 0.1) is 11.9 Å². The van der Waals surface area contributed by atoms with Crippen molar-refractivity contribution >= 4 is 11.7 Å². The molecule has 9 nitrogen and oxygen atoms in total. The van der Waals surface area contributed by atoms with Crippen LogP contribution in [0.5, 0.6) is 11.5 Å². The number of hydrogen-bond donors (Lipinski definition) is 2. The van der Waals surface area contributed by atoms with Gasteiger partial charge >= 0.3 is 0 Å². The summed E-state index contributed by atoms with van der Waals surface area (Å²) in [5, 5.41) is 22.5. The van der Waals surface area contributed by atoms with Crippen LogP contribution in [0.3, 0.4) is 0 Å². The molecule has 1 amide bonds. The topological polar surface area (TPSA) is 118 Å². The molecule has 124 valence electrons. The Balaban J connectivity index is 1.58. The zero-order valence-electron chi connectivity index (χ0n) is 13.1. The highest BCUT2D eigenvalue weighted by Gasteiger charge is 2.18. The molecular weight excluding hydrogens is 324 g/mol. The van der Waals surface area contributed by atoms with Crippen LogP contribution in [0, 0.1) is 11.3 Å². The van der Waals surface area contributed by atoms with Crippen molar-refractivity contribution in [2.24, 2.45) is 7.05 Å². The number of hydrogen-bond acceptors (Lipinski definition) is 6. The summed E-state index contributed by atoms with van der Waals surface area (Å²) in [5.74, 6) is 1.23. The van der Waals surface area contributed by atoms with E-state index >= 15 is 0 Å². The Kier molecular flexibility index (Phi) is 3.36. The first-order valence-corrected chi connectivity index (χ1v) is 7.34. The molecule has 0 bridgehead atoms. The first kappa shape index (κ1) is 14.8. The third-order valence-electron chi connectivity index (χ3n) is 3.78. The molecule has 0 aliphatic carbocycles. The van der Waals surface area contributed by atoms with E-state index in [2.05, 4.69) is 20.6 Å². The van der Waals surface area contributed by atoms with Gasteiger partial charge < -0.3 is 14.8 Å².